The minimum Gasteiger partial charge on any atom is -0.549 e. The Labute approximate surface area is 97.3 Å². The first-order valence-electron chi connectivity index (χ1n) is 5.19. The lowest BCUT2D eigenvalue weighted by Gasteiger charge is -2.13. The van der Waals surface area contributed by atoms with Crippen molar-refractivity contribution in [3.05, 3.63) is 40.3 Å². The molecule has 0 saturated carbocycles. The fraction of sp³-hybridized carbons (Fsp3) is 0.250. The Morgan fingerprint density at radius 3 is 2.71 bits per heavy atom. The van der Waals surface area contributed by atoms with Crippen molar-refractivity contribution >= 4 is 17.0 Å². The van der Waals surface area contributed by atoms with Crippen LogP contribution >= 0.6 is 0 Å². The molecule has 1 atom stereocenters. The molecule has 1 unspecified atom stereocenters. The molecule has 1 heterocycles. The van der Waals surface area contributed by atoms with Gasteiger partial charge in [0.15, 0.2) is 0 Å². The van der Waals surface area contributed by atoms with E-state index in [9.17, 15) is 14.7 Å². The predicted molar refractivity (Wildman–Crippen MR) is 60.4 cm³/mol. The largest absolute Gasteiger partial charge is 0.549 e. The molecule has 17 heavy (non-hydrogen) atoms. The van der Waals surface area contributed by atoms with Crippen LogP contribution in [0.15, 0.2) is 29.1 Å². The molecule has 0 fully saturated rings. The number of benzene rings is 1. The van der Waals surface area contributed by atoms with Crippen LogP contribution in [0.25, 0.3) is 11.0 Å². The summed E-state index contributed by atoms with van der Waals surface area (Å²) in [6.07, 6.45) is 0. The number of aliphatic carboxylic acids is 1. The maximum atomic E-state index is 11.9. The van der Waals surface area contributed by atoms with Crippen molar-refractivity contribution in [2.45, 2.75) is 12.8 Å². The van der Waals surface area contributed by atoms with E-state index in [1.54, 1.807) is 31.3 Å². The van der Waals surface area contributed by atoms with Crippen molar-refractivity contribution in [1.82, 2.24) is 9.55 Å². The number of aryl methyl sites for hydroxylation is 1. The number of carboxylic acids is 1. The van der Waals surface area contributed by atoms with Gasteiger partial charge in [0.1, 0.15) is 5.69 Å². The molecule has 1 aromatic carbocycles. The van der Waals surface area contributed by atoms with Crippen LogP contribution in [0, 0.1) is 0 Å². The molecule has 1 aromatic heterocycles. The lowest BCUT2D eigenvalue weighted by molar-refractivity contribution is -0.307. The number of hydrogen-bond donors (Lipinski definition) is 0. The standard InChI is InChI=1S/C12H12N2O3/c1-7(12(16)17)10-11(15)14(2)9-6-4-3-5-8(9)13-10/h3-7H,1-2H3,(H,16,17)/p-1. The summed E-state index contributed by atoms with van der Waals surface area (Å²) < 4.78 is 1.40. The summed E-state index contributed by atoms with van der Waals surface area (Å²) >= 11 is 0. The van der Waals surface area contributed by atoms with E-state index in [0.29, 0.717) is 11.0 Å². The van der Waals surface area contributed by atoms with Gasteiger partial charge in [0.2, 0.25) is 0 Å². The van der Waals surface area contributed by atoms with Gasteiger partial charge in [-0.25, -0.2) is 4.98 Å². The molecule has 2 aromatic rings. The summed E-state index contributed by atoms with van der Waals surface area (Å²) in [7, 11) is 1.60. The Bertz CT molecular complexity index is 646. The maximum Gasteiger partial charge on any atom is 0.273 e. The van der Waals surface area contributed by atoms with E-state index in [-0.39, 0.29) is 5.69 Å². The molecule has 0 aliphatic carbocycles. The van der Waals surface area contributed by atoms with Gasteiger partial charge in [-0.15, -0.1) is 0 Å². The number of fused-ring (bicyclic) bond motifs is 1. The molecule has 5 heteroatoms. The first kappa shape index (κ1) is 11.3. The second-order valence-electron chi connectivity index (χ2n) is 3.89. The summed E-state index contributed by atoms with van der Waals surface area (Å²) in [5, 5.41) is 10.8. The Kier molecular flexibility index (Phi) is 2.67. The van der Waals surface area contributed by atoms with Crippen LogP contribution in [0.4, 0.5) is 0 Å². The summed E-state index contributed by atoms with van der Waals surface area (Å²) in [5.74, 6) is -2.32. The third-order valence-electron chi connectivity index (χ3n) is 2.77. The molecule has 0 radical (unpaired) electrons. The molecule has 0 aliphatic heterocycles. The van der Waals surface area contributed by atoms with Crippen molar-refractivity contribution in [3.63, 3.8) is 0 Å². The van der Waals surface area contributed by atoms with Gasteiger partial charge in [-0.3, -0.25) is 4.79 Å². The Morgan fingerprint density at radius 1 is 1.41 bits per heavy atom. The highest BCUT2D eigenvalue weighted by molar-refractivity contribution is 5.77. The van der Waals surface area contributed by atoms with Crippen LogP contribution in [0.1, 0.15) is 18.5 Å². The minimum absolute atomic E-state index is 0.00574. The minimum atomic E-state index is -1.30. The number of nitrogens with zero attached hydrogens (tertiary/aromatic N) is 2. The topological polar surface area (TPSA) is 75.0 Å². The van der Waals surface area contributed by atoms with Gasteiger partial charge >= 0.3 is 0 Å². The molecule has 88 valence electrons. The van der Waals surface area contributed by atoms with E-state index < -0.39 is 17.4 Å². The van der Waals surface area contributed by atoms with Gasteiger partial charge in [0, 0.05) is 13.0 Å². The number of hydrogen-bond acceptors (Lipinski definition) is 4. The highest BCUT2D eigenvalue weighted by atomic mass is 16.4. The highest BCUT2D eigenvalue weighted by Crippen LogP contribution is 2.13. The smallest absolute Gasteiger partial charge is 0.273 e. The van der Waals surface area contributed by atoms with E-state index in [0.717, 1.165) is 0 Å². The van der Waals surface area contributed by atoms with Gasteiger partial charge in [-0.05, 0) is 12.1 Å². The van der Waals surface area contributed by atoms with Gasteiger partial charge in [-0.2, -0.15) is 0 Å². The second-order valence-corrected chi connectivity index (χ2v) is 3.89. The number of carboxylic acid groups (broad SMARTS) is 1. The normalized spacial score (nSPS) is 12.6. The Hall–Kier alpha value is -2.17. The van der Waals surface area contributed by atoms with Crippen LogP contribution in [-0.4, -0.2) is 15.5 Å². The van der Waals surface area contributed by atoms with Crippen molar-refractivity contribution in [3.8, 4) is 0 Å². The molecule has 2 rings (SSSR count). The van der Waals surface area contributed by atoms with Crippen LogP contribution in [0.5, 0.6) is 0 Å². The predicted octanol–water partition coefficient (Wildman–Crippen LogP) is -0.213. The SMILES string of the molecule is CC(C(=O)[O-])c1nc2ccccc2n(C)c1=O. The van der Waals surface area contributed by atoms with Gasteiger partial charge < -0.3 is 14.5 Å². The summed E-state index contributed by atoms with van der Waals surface area (Å²) in [5.41, 5.74) is 0.871. The van der Waals surface area contributed by atoms with E-state index in [1.165, 1.54) is 11.5 Å². The number of para-hydroxylation sites is 2. The van der Waals surface area contributed by atoms with Crippen LogP contribution in [0.3, 0.4) is 0 Å². The fourth-order valence-electron chi connectivity index (χ4n) is 1.69. The van der Waals surface area contributed by atoms with E-state index in [1.807, 2.05) is 0 Å². The molecular weight excluding hydrogens is 220 g/mol. The van der Waals surface area contributed by atoms with E-state index in [4.69, 9.17) is 0 Å². The molecule has 0 bridgehead atoms. The molecule has 0 saturated heterocycles. The molecule has 0 spiro atoms. The van der Waals surface area contributed by atoms with Crippen LogP contribution in [0.2, 0.25) is 0 Å². The van der Waals surface area contributed by atoms with Crippen molar-refractivity contribution in [2.24, 2.45) is 7.05 Å². The average Bonchev–Trinajstić information content (AvgIpc) is 2.33. The Morgan fingerprint density at radius 2 is 2.06 bits per heavy atom. The third-order valence-corrected chi connectivity index (χ3v) is 2.77. The molecular formula is C12H11N2O3-. The molecule has 0 aliphatic rings. The monoisotopic (exact) mass is 231 g/mol. The first-order valence-corrected chi connectivity index (χ1v) is 5.19. The number of aromatic nitrogens is 2. The lowest BCUT2D eigenvalue weighted by Crippen LogP contribution is -2.34. The van der Waals surface area contributed by atoms with Crippen LogP contribution in [-0.2, 0) is 11.8 Å². The van der Waals surface area contributed by atoms with E-state index >= 15 is 0 Å². The Balaban J connectivity index is 2.79. The van der Waals surface area contributed by atoms with E-state index in [2.05, 4.69) is 4.98 Å². The molecule has 5 nitrogen and oxygen atoms in total. The highest BCUT2D eigenvalue weighted by Gasteiger charge is 2.15. The van der Waals surface area contributed by atoms with Crippen molar-refractivity contribution < 1.29 is 9.90 Å². The van der Waals surface area contributed by atoms with Crippen molar-refractivity contribution in [1.29, 1.82) is 0 Å². The zero-order valence-electron chi connectivity index (χ0n) is 9.51. The van der Waals surface area contributed by atoms with Crippen molar-refractivity contribution in [2.75, 3.05) is 0 Å². The molecule has 0 N–H and O–H groups in total. The number of carbonyl (C=O) groups excluding carboxylic acids is 1. The average molecular weight is 231 g/mol. The molecule has 0 amide bonds. The lowest BCUT2D eigenvalue weighted by atomic mass is 10.1. The second kappa shape index (κ2) is 4.01. The summed E-state index contributed by atoms with van der Waals surface area (Å²) in [4.78, 5) is 26.8. The van der Waals surface area contributed by atoms with Gasteiger partial charge in [0.25, 0.3) is 5.56 Å². The summed E-state index contributed by atoms with van der Waals surface area (Å²) in [6.45, 7) is 1.40. The quantitative estimate of drug-likeness (QED) is 0.716. The summed E-state index contributed by atoms with van der Waals surface area (Å²) in [6, 6.07) is 7.08. The van der Waals surface area contributed by atoms with Crippen LogP contribution < -0.4 is 10.7 Å². The number of carbonyl (C=O) groups is 1. The first-order chi connectivity index (χ1) is 8.02. The number of rotatable bonds is 2. The maximum absolute atomic E-state index is 11.9. The fourth-order valence-corrected chi connectivity index (χ4v) is 1.69. The zero-order valence-corrected chi connectivity index (χ0v) is 9.51. The zero-order chi connectivity index (χ0) is 12.6. The third kappa shape index (κ3) is 1.80. The van der Waals surface area contributed by atoms with Gasteiger partial charge in [-0.1, -0.05) is 19.1 Å². The van der Waals surface area contributed by atoms with Gasteiger partial charge in [0.05, 0.1) is 17.0 Å².